The number of hydrogen-bond acceptors (Lipinski definition) is 3. The third-order valence-corrected chi connectivity index (χ3v) is 1.95. The van der Waals surface area contributed by atoms with E-state index in [0.717, 1.165) is 6.42 Å². The van der Waals surface area contributed by atoms with E-state index < -0.39 is 6.10 Å². The summed E-state index contributed by atoms with van der Waals surface area (Å²) in [4.78, 5) is 6.81. The monoisotopic (exact) mass is 183 g/mol. The number of aliphatic hydroxyl groups excluding tert-OH is 1. The molecule has 4 nitrogen and oxygen atoms in total. The zero-order valence-electron chi connectivity index (χ0n) is 8.07. The van der Waals surface area contributed by atoms with E-state index in [1.165, 1.54) is 0 Å². The van der Waals surface area contributed by atoms with Crippen LogP contribution in [0.1, 0.15) is 32.2 Å². The average molecular weight is 183 g/mol. The number of hydrogen-bond donors (Lipinski definition) is 3. The van der Waals surface area contributed by atoms with Gasteiger partial charge in [-0.05, 0) is 12.3 Å². The zero-order valence-corrected chi connectivity index (χ0v) is 8.07. The number of aliphatic hydroxyl groups is 1. The van der Waals surface area contributed by atoms with Crippen LogP contribution < -0.4 is 5.73 Å². The van der Waals surface area contributed by atoms with E-state index >= 15 is 0 Å². The van der Waals surface area contributed by atoms with Crippen LogP contribution in [0.4, 0.5) is 0 Å². The Hall–Kier alpha value is -0.870. The molecule has 0 radical (unpaired) electrons. The van der Waals surface area contributed by atoms with Crippen LogP contribution in [0.3, 0.4) is 0 Å². The predicted molar refractivity (Wildman–Crippen MR) is 51.0 cm³/mol. The molecule has 4 heteroatoms. The van der Waals surface area contributed by atoms with Gasteiger partial charge in [0.25, 0.3) is 0 Å². The van der Waals surface area contributed by atoms with Gasteiger partial charge in [-0.1, -0.05) is 13.8 Å². The summed E-state index contributed by atoms with van der Waals surface area (Å²) in [7, 11) is 0. The first-order chi connectivity index (χ1) is 6.11. The van der Waals surface area contributed by atoms with E-state index in [2.05, 4.69) is 23.8 Å². The van der Waals surface area contributed by atoms with Crippen molar-refractivity contribution in [3.63, 3.8) is 0 Å². The van der Waals surface area contributed by atoms with E-state index in [4.69, 9.17) is 5.73 Å². The minimum atomic E-state index is -0.683. The molecule has 74 valence electrons. The Morgan fingerprint density at radius 2 is 2.31 bits per heavy atom. The second-order valence-corrected chi connectivity index (χ2v) is 3.71. The van der Waals surface area contributed by atoms with Crippen molar-refractivity contribution < 1.29 is 5.11 Å². The summed E-state index contributed by atoms with van der Waals surface area (Å²) in [5, 5.41) is 9.71. The van der Waals surface area contributed by atoms with Gasteiger partial charge < -0.3 is 15.8 Å². The lowest BCUT2D eigenvalue weighted by atomic mass is 10.00. The molecule has 13 heavy (non-hydrogen) atoms. The first-order valence-corrected chi connectivity index (χ1v) is 4.54. The van der Waals surface area contributed by atoms with Crippen LogP contribution in [-0.4, -0.2) is 21.1 Å². The van der Waals surface area contributed by atoms with Crippen molar-refractivity contribution in [1.29, 1.82) is 0 Å². The molecule has 0 aliphatic rings. The maximum atomic E-state index is 9.71. The van der Waals surface area contributed by atoms with Crippen molar-refractivity contribution >= 4 is 0 Å². The Balaban J connectivity index is 2.52. The van der Waals surface area contributed by atoms with Crippen LogP contribution in [-0.2, 0) is 0 Å². The molecule has 0 aromatic carbocycles. The molecule has 0 unspecified atom stereocenters. The third-order valence-electron chi connectivity index (χ3n) is 1.95. The third kappa shape index (κ3) is 2.82. The zero-order chi connectivity index (χ0) is 9.84. The first-order valence-electron chi connectivity index (χ1n) is 4.54. The summed E-state index contributed by atoms with van der Waals surface area (Å²) in [6.07, 6.45) is 3.40. The molecular formula is C9H17N3O. The fourth-order valence-corrected chi connectivity index (χ4v) is 1.32. The Morgan fingerprint density at radius 1 is 1.62 bits per heavy atom. The molecule has 1 aromatic rings. The van der Waals surface area contributed by atoms with Gasteiger partial charge in [0.2, 0.25) is 0 Å². The fourth-order valence-electron chi connectivity index (χ4n) is 1.32. The van der Waals surface area contributed by atoms with Crippen molar-refractivity contribution in [2.75, 3.05) is 0 Å². The number of H-pyrrole nitrogens is 1. The summed E-state index contributed by atoms with van der Waals surface area (Å²) in [6.45, 7) is 4.16. The molecule has 0 bridgehead atoms. The normalized spacial score (nSPS) is 16.1. The molecule has 0 saturated carbocycles. The number of nitrogens with zero attached hydrogens (tertiary/aromatic N) is 1. The molecule has 0 aliphatic carbocycles. The standard InChI is InChI=1S/C9H17N3O/c1-6(2)5-7(10)8(13)9-11-3-4-12-9/h3-4,6-8,13H,5,10H2,1-2H3,(H,11,12)/t7-,8+/m0/s1. The Kier molecular flexibility index (Phi) is 3.45. The van der Waals surface area contributed by atoms with Gasteiger partial charge in [0, 0.05) is 18.4 Å². The van der Waals surface area contributed by atoms with E-state index in [-0.39, 0.29) is 6.04 Å². The van der Waals surface area contributed by atoms with Crippen LogP contribution in [0.25, 0.3) is 0 Å². The molecule has 1 heterocycles. The minimum absolute atomic E-state index is 0.244. The van der Waals surface area contributed by atoms with E-state index in [1.54, 1.807) is 12.4 Å². The van der Waals surface area contributed by atoms with Gasteiger partial charge in [-0.3, -0.25) is 0 Å². The maximum Gasteiger partial charge on any atom is 0.136 e. The van der Waals surface area contributed by atoms with Crippen molar-refractivity contribution in [3.05, 3.63) is 18.2 Å². The largest absolute Gasteiger partial charge is 0.384 e. The fraction of sp³-hybridized carbons (Fsp3) is 0.667. The van der Waals surface area contributed by atoms with Crippen molar-refractivity contribution in [2.45, 2.75) is 32.4 Å². The highest BCUT2D eigenvalue weighted by molar-refractivity contribution is 4.95. The molecule has 0 saturated heterocycles. The summed E-state index contributed by atoms with van der Waals surface area (Å²) in [6, 6.07) is -0.244. The second-order valence-electron chi connectivity index (χ2n) is 3.71. The van der Waals surface area contributed by atoms with Gasteiger partial charge in [-0.25, -0.2) is 4.98 Å². The lowest BCUT2D eigenvalue weighted by Gasteiger charge is -2.18. The van der Waals surface area contributed by atoms with Crippen LogP contribution in [0.2, 0.25) is 0 Å². The van der Waals surface area contributed by atoms with Crippen LogP contribution in [0.15, 0.2) is 12.4 Å². The number of nitrogens with two attached hydrogens (primary N) is 1. The predicted octanol–water partition coefficient (Wildman–Crippen LogP) is 0.817. The molecule has 0 fully saturated rings. The summed E-state index contributed by atoms with van der Waals surface area (Å²) in [5.41, 5.74) is 5.80. The first kappa shape index (κ1) is 10.2. The number of aromatic amines is 1. The summed E-state index contributed by atoms with van der Waals surface area (Å²) >= 11 is 0. The van der Waals surface area contributed by atoms with E-state index in [9.17, 15) is 5.11 Å². The summed E-state index contributed by atoms with van der Waals surface area (Å²) < 4.78 is 0. The highest BCUT2D eigenvalue weighted by Gasteiger charge is 2.19. The quantitative estimate of drug-likeness (QED) is 0.646. The van der Waals surface area contributed by atoms with Crippen molar-refractivity contribution in [3.8, 4) is 0 Å². The lowest BCUT2D eigenvalue weighted by Crippen LogP contribution is -2.30. The molecule has 1 aromatic heterocycles. The van der Waals surface area contributed by atoms with E-state index in [1.807, 2.05) is 0 Å². The van der Waals surface area contributed by atoms with Gasteiger partial charge in [0.15, 0.2) is 0 Å². The van der Waals surface area contributed by atoms with Crippen molar-refractivity contribution in [2.24, 2.45) is 11.7 Å². The average Bonchev–Trinajstić information content (AvgIpc) is 2.53. The molecule has 0 amide bonds. The maximum absolute atomic E-state index is 9.71. The highest BCUT2D eigenvalue weighted by atomic mass is 16.3. The summed E-state index contributed by atoms with van der Waals surface area (Å²) in [5.74, 6) is 1.03. The molecule has 2 atom stereocenters. The van der Waals surface area contributed by atoms with Crippen LogP contribution >= 0.6 is 0 Å². The Labute approximate surface area is 78.2 Å². The topological polar surface area (TPSA) is 74.9 Å². The van der Waals surface area contributed by atoms with Crippen LogP contribution in [0, 0.1) is 5.92 Å². The minimum Gasteiger partial charge on any atom is -0.384 e. The van der Waals surface area contributed by atoms with Crippen molar-refractivity contribution in [1.82, 2.24) is 9.97 Å². The molecule has 1 rings (SSSR count). The van der Waals surface area contributed by atoms with Gasteiger partial charge in [0.05, 0.1) is 0 Å². The van der Waals surface area contributed by atoms with Gasteiger partial charge >= 0.3 is 0 Å². The number of rotatable bonds is 4. The van der Waals surface area contributed by atoms with Crippen LogP contribution in [0.5, 0.6) is 0 Å². The molecule has 0 aliphatic heterocycles. The van der Waals surface area contributed by atoms with Gasteiger partial charge in [-0.2, -0.15) is 0 Å². The van der Waals surface area contributed by atoms with Gasteiger partial charge in [0.1, 0.15) is 11.9 Å². The molecule has 0 spiro atoms. The smallest absolute Gasteiger partial charge is 0.136 e. The second kappa shape index (κ2) is 4.39. The number of aromatic nitrogens is 2. The Bertz CT molecular complexity index is 233. The Morgan fingerprint density at radius 3 is 2.77 bits per heavy atom. The lowest BCUT2D eigenvalue weighted by molar-refractivity contribution is 0.128. The SMILES string of the molecule is CC(C)C[C@H](N)[C@@H](O)c1ncc[nH]1. The van der Waals surface area contributed by atoms with E-state index in [0.29, 0.717) is 11.7 Å². The molecule has 4 N–H and O–H groups in total. The number of nitrogens with one attached hydrogen (secondary N) is 1. The van der Waals surface area contributed by atoms with Gasteiger partial charge in [-0.15, -0.1) is 0 Å². The highest BCUT2D eigenvalue weighted by Crippen LogP contribution is 2.16. The molecular weight excluding hydrogens is 166 g/mol. The number of imidazole rings is 1.